The molecular weight excluding hydrogens is 711 g/mol. The van der Waals surface area contributed by atoms with Gasteiger partial charge in [0.2, 0.25) is 0 Å². The largest absolute Gasteiger partial charge is 0.455 e. The molecule has 3 aromatic carbocycles. The van der Waals surface area contributed by atoms with Gasteiger partial charge in [-0.05, 0) is 103 Å². The third-order valence-corrected chi connectivity index (χ3v) is 12.4. The maximum atomic E-state index is 16.1. The number of nitrogens with one attached hydrogen (secondary N) is 3. The summed E-state index contributed by atoms with van der Waals surface area (Å²) < 4.78 is 38.0. The minimum atomic E-state index is -1.88. The number of ether oxygens (including phenoxy) is 1. The van der Waals surface area contributed by atoms with Gasteiger partial charge in [0.1, 0.15) is 23.0 Å². The molecule has 3 N–H and O–H groups in total. The molecule has 5 aromatic rings. The van der Waals surface area contributed by atoms with Crippen LogP contribution in [0.25, 0.3) is 16.6 Å². The number of rotatable bonds is 10. The first kappa shape index (κ1) is 35.3. The predicted molar refractivity (Wildman–Crippen MR) is 210 cm³/mol. The van der Waals surface area contributed by atoms with Gasteiger partial charge in [-0.1, -0.05) is 35.7 Å². The second-order valence-electron chi connectivity index (χ2n) is 14.3. The van der Waals surface area contributed by atoms with Crippen LogP contribution in [0.2, 0.25) is 5.02 Å². The third-order valence-electron chi connectivity index (χ3n) is 11.1. The van der Waals surface area contributed by atoms with E-state index >= 15 is 4.39 Å². The Kier molecular flexibility index (Phi) is 9.97. The van der Waals surface area contributed by atoms with Crippen LogP contribution in [0.3, 0.4) is 0 Å². The molecule has 1 unspecified atom stereocenters. The Balaban J connectivity index is 1.02. The number of fused-ring (bicyclic) bond motifs is 1. The van der Waals surface area contributed by atoms with Gasteiger partial charge in [-0.3, -0.25) is 14.4 Å². The van der Waals surface area contributed by atoms with Gasteiger partial charge in [0.15, 0.2) is 11.0 Å². The Labute approximate surface area is 316 Å². The first-order chi connectivity index (χ1) is 25.8. The minimum absolute atomic E-state index is 0.0672. The first-order valence-corrected chi connectivity index (χ1v) is 19.7. The van der Waals surface area contributed by atoms with Crippen molar-refractivity contribution in [3.63, 3.8) is 0 Å². The molecule has 8 rings (SSSR count). The highest BCUT2D eigenvalue weighted by Crippen LogP contribution is 2.55. The van der Waals surface area contributed by atoms with Gasteiger partial charge in [0.25, 0.3) is 5.91 Å². The second-order valence-corrected chi connectivity index (χ2v) is 16.0. The standard InChI is InChI=1S/C41H42ClFN6O3S/c1-44-31-7-9-33(10-8-31)53(51)47-40(50)34-22-36(43)37(23-38(34)52-32-21-28-12-16-45-39(28)46-25-32)49-19-17-48(18-20-49)26-29-11-15-41(13-2-14-41)24-35(29)27-3-5-30(42)6-4-27/h3-10,12,16,21-23,25,44H,2,11,13-15,17-20,24,26H2,1H3,(H,45,46)(H,47,50). The molecule has 1 spiro atoms. The number of H-pyrrole nitrogens is 1. The Morgan fingerprint density at radius 2 is 1.79 bits per heavy atom. The zero-order valence-corrected chi connectivity index (χ0v) is 31.2. The first-order valence-electron chi connectivity index (χ1n) is 18.2. The third kappa shape index (κ3) is 7.56. The van der Waals surface area contributed by atoms with Crippen LogP contribution in [0.5, 0.6) is 11.5 Å². The molecule has 1 saturated carbocycles. The summed E-state index contributed by atoms with van der Waals surface area (Å²) in [6.45, 7) is 3.64. The monoisotopic (exact) mass is 752 g/mol. The van der Waals surface area contributed by atoms with Gasteiger partial charge in [-0.25, -0.2) is 13.6 Å². The Morgan fingerprint density at radius 3 is 2.51 bits per heavy atom. The van der Waals surface area contributed by atoms with E-state index in [1.807, 2.05) is 23.1 Å². The van der Waals surface area contributed by atoms with E-state index < -0.39 is 22.7 Å². The van der Waals surface area contributed by atoms with Crippen molar-refractivity contribution >= 4 is 56.5 Å². The van der Waals surface area contributed by atoms with Crippen LogP contribution in [0.4, 0.5) is 15.8 Å². The SMILES string of the molecule is CNc1ccc(S(=O)NC(=O)c2cc(F)c(N3CCN(CC4=C(c5ccc(Cl)cc5)CC5(CCC5)CC4)CC3)cc2Oc2cnc3[nH]ccc3c2)cc1. The van der Waals surface area contributed by atoms with Crippen molar-refractivity contribution in [3.05, 3.63) is 113 Å². The maximum absolute atomic E-state index is 16.1. The highest BCUT2D eigenvalue weighted by Gasteiger charge is 2.41. The number of pyridine rings is 1. The molecule has 3 heterocycles. The van der Waals surface area contributed by atoms with Crippen LogP contribution in [0, 0.1) is 11.2 Å². The number of amides is 1. The number of benzene rings is 3. The van der Waals surface area contributed by atoms with Crippen LogP contribution in [-0.2, 0) is 11.0 Å². The number of allylic oxidation sites excluding steroid dienone is 1. The minimum Gasteiger partial charge on any atom is -0.455 e. The molecule has 0 radical (unpaired) electrons. The smallest absolute Gasteiger partial charge is 0.267 e. The van der Waals surface area contributed by atoms with Gasteiger partial charge < -0.3 is 19.9 Å². The lowest BCUT2D eigenvalue weighted by molar-refractivity contribution is 0.0980. The second kappa shape index (κ2) is 15.0. The van der Waals surface area contributed by atoms with Crippen LogP contribution in [0.1, 0.15) is 54.4 Å². The highest BCUT2D eigenvalue weighted by atomic mass is 35.5. The number of carbonyl (C=O) groups is 1. The zero-order valence-electron chi connectivity index (χ0n) is 29.6. The number of hydrogen-bond acceptors (Lipinski definition) is 7. The summed E-state index contributed by atoms with van der Waals surface area (Å²) in [5.74, 6) is -0.739. The summed E-state index contributed by atoms with van der Waals surface area (Å²) in [6.07, 6.45) is 10.8. The molecule has 1 saturated heterocycles. The van der Waals surface area contributed by atoms with Crippen molar-refractivity contribution in [1.82, 2.24) is 19.6 Å². The summed E-state index contributed by atoms with van der Waals surface area (Å²) in [5, 5.41) is 4.59. The molecule has 53 heavy (non-hydrogen) atoms. The average molecular weight is 753 g/mol. The quantitative estimate of drug-likeness (QED) is 0.131. The van der Waals surface area contributed by atoms with Gasteiger partial charge >= 0.3 is 0 Å². The van der Waals surface area contributed by atoms with Crippen molar-refractivity contribution < 1.29 is 18.1 Å². The van der Waals surface area contributed by atoms with Gasteiger partial charge in [0.05, 0.1) is 22.3 Å². The van der Waals surface area contributed by atoms with Crippen molar-refractivity contribution in [2.45, 2.75) is 43.4 Å². The number of anilines is 2. The van der Waals surface area contributed by atoms with E-state index in [0.717, 1.165) is 48.6 Å². The molecule has 2 aliphatic carbocycles. The Hall–Kier alpha value is -4.71. The molecule has 0 bridgehead atoms. The number of carbonyl (C=O) groups excluding carboxylic acids is 1. The van der Waals surface area contributed by atoms with Crippen LogP contribution < -0.4 is 19.7 Å². The van der Waals surface area contributed by atoms with E-state index in [-0.39, 0.29) is 11.3 Å². The number of nitrogens with zero attached hydrogens (tertiary/aromatic N) is 3. The van der Waals surface area contributed by atoms with Gasteiger partial charge in [-0.2, -0.15) is 0 Å². The van der Waals surface area contributed by atoms with E-state index in [4.69, 9.17) is 16.3 Å². The van der Waals surface area contributed by atoms with Crippen LogP contribution >= 0.6 is 11.6 Å². The molecule has 3 aliphatic rings. The lowest BCUT2D eigenvalue weighted by atomic mass is 9.59. The van der Waals surface area contributed by atoms with Crippen molar-refractivity contribution in [2.75, 3.05) is 50.0 Å². The molecule has 1 aliphatic heterocycles. The lowest BCUT2D eigenvalue weighted by Crippen LogP contribution is -2.47. The molecule has 1 amide bonds. The highest BCUT2D eigenvalue weighted by molar-refractivity contribution is 7.83. The topological polar surface area (TPSA) is 103 Å². The fraction of sp³-hybridized carbons (Fsp3) is 0.317. The summed E-state index contributed by atoms with van der Waals surface area (Å²) in [7, 11) is -0.0954. The van der Waals surface area contributed by atoms with Crippen molar-refractivity contribution in [3.8, 4) is 11.5 Å². The molecule has 12 heteroatoms. The molecular formula is C41H42ClFN6O3S. The number of piperazine rings is 1. The van der Waals surface area contributed by atoms with E-state index in [2.05, 4.69) is 37.0 Å². The summed E-state index contributed by atoms with van der Waals surface area (Å²) in [6, 6.07) is 21.6. The van der Waals surface area contributed by atoms with E-state index in [0.29, 0.717) is 40.5 Å². The van der Waals surface area contributed by atoms with E-state index in [1.165, 1.54) is 48.5 Å². The fourth-order valence-corrected chi connectivity index (χ4v) is 8.81. The number of aromatic nitrogens is 2. The number of halogens is 2. The summed E-state index contributed by atoms with van der Waals surface area (Å²) in [5.41, 5.74) is 6.51. The van der Waals surface area contributed by atoms with Crippen LogP contribution in [-0.4, -0.2) is 64.8 Å². The van der Waals surface area contributed by atoms with Crippen LogP contribution in [0.15, 0.2) is 95.7 Å². The normalized spacial score (nSPS) is 17.8. The molecule has 274 valence electrons. The predicted octanol–water partition coefficient (Wildman–Crippen LogP) is 8.57. The maximum Gasteiger partial charge on any atom is 0.267 e. The van der Waals surface area contributed by atoms with Crippen molar-refractivity contribution in [1.29, 1.82) is 0 Å². The Morgan fingerprint density at radius 1 is 1.02 bits per heavy atom. The number of aromatic amines is 1. The molecule has 1 atom stereocenters. The fourth-order valence-electron chi connectivity index (χ4n) is 7.90. The van der Waals surface area contributed by atoms with Crippen molar-refractivity contribution in [2.24, 2.45) is 5.41 Å². The summed E-state index contributed by atoms with van der Waals surface area (Å²) >= 11 is 6.25. The average Bonchev–Trinajstić information content (AvgIpc) is 3.64. The zero-order chi connectivity index (χ0) is 36.5. The molecule has 2 fully saturated rings. The molecule has 9 nitrogen and oxygen atoms in total. The number of hydrogen-bond donors (Lipinski definition) is 3. The summed E-state index contributed by atoms with van der Waals surface area (Å²) in [4.78, 5) is 25.9. The molecule has 2 aromatic heterocycles. The van der Waals surface area contributed by atoms with E-state index in [9.17, 15) is 9.00 Å². The lowest BCUT2D eigenvalue weighted by Gasteiger charge is -2.47. The van der Waals surface area contributed by atoms with Gasteiger partial charge in [0, 0.05) is 68.1 Å². The van der Waals surface area contributed by atoms with Gasteiger partial charge in [-0.15, -0.1) is 0 Å². The van der Waals surface area contributed by atoms with E-state index in [1.54, 1.807) is 55.8 Å². The Bertz CT molecular complexity index is 2190.